The summed E-state index contributed by atoms with van der Waals surface area (Å²) in [5, 5.41) is 18.1. The summed E-state index contributed by atoms with van der Waals surface area (Å²) in [7, 11) is 1.91. The van der Waals surface area contributed by atoms with Crippen LogP contribution in [-0.4, -0.2) is 36.2 Å². The van der Waals surface area contributed by atoms with E-state index in [4.69, 9.17) is 11.0 Å². The average Bonchev–Trinajstić information content (AvgIpc) is 2.28. The maximum atomic E-state index is 9.39. The van der Waals surface area contributed by atoms with Gasteiger partial charge in [-0.2, -0.15) is 5.26 Å². The first-order valence-electron chi connectivity index (χ1n) is 5.21. The van der Waals surface area contributed by atoms with Gasteiger partial charge in [0.2, 0.25) is 0 Å². The third-order valence-corrected chi connectivity index (χ3v) is 2.30. The average molecular weight is 219 g/mol. The fraction of sp³-hybridized carbons (Fsp3) is 0.417. The van der Waals surface area contributed by atoms with Crippen LogP contribution >= 0.6 is 0 Å². The molecule has 0 fully saturated rings. The molecule has 86 valence electrons. The van der Waals surface area contributed by atoms with Crippen LogP contribution in [0.2, 0.25) is 0 Å². The number of hydrogen-bond acceptors (Lipinski definition) is 4. The second-order valence-electron chi connectivity index (χ2n) is 3.90. The van der Waals surface area contributed by atoms with Crippen LogP contribution < -0.4 is 5.73 Å². The first-order valence-corrected chi connectivity index (χ1v) is 5.21. The monoisotopic (exact) mass is 219 g/mol. The van der Waals surface area contributed by atoms with Crippen LogP contribution in [-0.2, 0) is 6.54 Å². The molecule has 1 atom stereocenters. The zero-order valence-corrected chi connectivity index (χ0v) is 9.43. The van der Waals surface area contributed by atoms with E-state index in [0.29, 0.717) is 18.7 Å². The number of nitrogens with zero attached hydrogens (tertiary/aromatic N) is 2. The van der Waals surface area contributed by atoms with Gasteiger partial charge in [-0.1, -0.05) is 12.1 Å². The van der Waals surface area contributed by atoms with Crippen molar-refractivity contribution in [1.29, 1.82) is 5.26 Å². The van der Waals surface area contributed by atoms with Crippen LogP contribution in [0.1, 0.15) is 11.1 Å². The topological polar surface area (TPSA) is 73.3 Å². The van der Waals surface area contributed by atoms with E-state index in [1.807, 2.05) is 30.1 Å². The lowest BCUT2D eigenvalue weighted by atomic mass is 10.1. The van der Waals surface area contributed by atoms with Crippen molar-refractivity contribution >= 4 is 0 Å². The van der Waals surface area contributed by atoms with Gasteiger partial charge in [-0.25, -0.2) is 0 Å². The molecule has 0 aliphatic rings. The van der Waals surface area contributed by atoms with E-state index >= 15 is 0 Å². The Morgan fingerprint density at radius 1 is 1.56 bits per heavy atom. The third-order valence-electron chi connectivity index (χ3n) is 2.30. The van der Waals surface area contributed by atoms with Crippen LogP contribution in [0.5, 0.6) is 0 Å². The molecule has 0 saturated heterocycles. The van der Waals surface area contributed by atoms with Crippen molar-refractivity contribution in [2.45, 2.75) is 12.6 Å². The number of hydrogen-bond donors (Lipinski definition) is 2. The fourth-order valence-corrected chi connectivity index (χ4v) is 1.55. The van der Waals surface area contributed by atoms with E-state index in [2.05, 4.69) is 6.07 Å². The standard InChI is InChI=1S/C12H17N3O/c1-15(9-12(16)7-14)8-11-4-2-3-10(5-11)6-13/h2-5,12,16H,7-9,14H2,1H3. The van der Waals surface area contributed by atoms with Gasteiger partial charge in [0.25, 0.3) is 0 Å². The van der Waals surface area contributed by atoms with Crippen LogP contribution in [0.15, 0.2) is 24.3 Å². The summed E-state index contributed by atoms with van der Waals surface area (Å²) in [6.07, 6.45) is -0.496. The molecular formula is C12H17N3O. The molecule has 0 aliphatic heterocycles. The predicted octanol–water partition coefficient (Wildman–Crippen LogP) is 0.310. The summed E-state index contributed by atoms with van der Waals surface area (Å²) >= 11 is 0. The van der Waals surface area contributed by atoms with E-state index < -0.39 is 6.10 Å². The highest BCUT2D eigenvalue weighted by Gasteiger charge is 2.06. The summed E-state index contributed by atoms with van der Waals surface area (Å²) in [5.74, 6) is 0. The summed E-state index contributed by atoms with van der Waals surface area (Å²) < 4.78 is 0. The minimum Gasteiger partial charge on any atom is -0.390 e. The molecule has 0 amide bonds. The number of aliphatic hydroxyl groups is 1. The minimum absolute atomic E-state index is 0.266. The first-order chi connectivity index (χ1) is 7.65. The van der Waals surface area contributed by atoms with Crippen molar-refractivity contribution in [2.24, 2.45) is 5.73 Å². The van der Waals surface area contributed by atoms with Crippen molar-refractivity contribution in [1.82, 2.24) is 4.90 Å². The molecule has 3 N–H and O–H groups in total. The van der Waals surface area contributed by atoms with E-state index in [9.17, 15) is 5.11 Å². The van der Waals surface area contributed by atoms with Gasteiger partial charge in [0.05, 0.1) is 17.7 Å². The summed E-state index contributed by atoms with van der Waals surface area (Å²) in [6, 6.07) is 9.56. The summed E-state index contributed by atoms with van der Waals surface area (Å²) in [5.41, 5.74) is 7.06. The van der Waals surface area contributed by atoms with E-state index in [1.54, 1.807) is 6.07 Å². The molecule has 0 bridgehead atoms. The van der Waals surface area contributed by atoms with Crippen LogP contribution in [0, 0.1) is 11.3 Å². The highest BCUT2D eigenvalue weighted by atomic mass is 16.3. The van der Waals surface area contributed by atoms with Crippen molar-refractivity contribution in [3.63, 3.8) is 0 Å². The lowest BCUT2D eigenvalue weighted by molar-refractivity contribution is 0.129. The Balaban J connectivity index is 2.56. The number of nitriles is 1. The lowest BCUT2D eigenvalue weighted by Crippen LogP contribution is -2.33. The fourth-order valence-electron chi connectivity index (χ4n) is 1.55. The van der Waals surface area contributed by atoms with E-state index in [-0.39, 0.29) is 6.54 Å². The first kappa shape index (κ1) is 12.7. The number of likely N-dealkylation sites (N-methyl/N-ethyl adjacent to an activating group) is 1. The maximum Gasteiger partial charge on any atom is 0.0991 e. The molecule has 4 heteroatoms. The maximum absolute atomic E-state index is 9.39. The Kier molecular flexibility index (Phi) is 4.93. The molecule has 0 radical (unpaired) electrons. The molecule has 1 rings (SSSR count). The van der Waals surface area contributed by atoms with Gasteiger partial charge < -0.3 is 10.8 Å². The van der Waals surface area contributed by atoms with Crippen molar-refractivity contribution in [2.75, 3.05) is 20.1 Å². The highest BCUT2D eigenvalue weighted by molar-refractivity contribution is 5.32. The molecule has 0 spiro atoms. The van der Waals surface area contributed by atoms with Gasteiger partial charge in [0.15, 0.2) is 0 Å². The second kappa shape index (κ2) is 6.23. The lowest BCUT2D eigenvalue weighted by Gasteiger charge is -2.19. The molecular weight excluding hydrogens is 202 g/mol. The highest BCUT2D eigenvalue weighted by Crippen LogP contribution is 2.06. The molecule has 16 heavy (non-hydrogen) atoms. The third kappa shape index (κ3) is 3.99. The Morgan fingerprint density at radius 3 is 2.94 bits per heavy atom. The molecule has 0 heterocycles. The second-order valence-corrected chi connectivity index (χ2v) is 3.90. The zero-order valence-electron chi connectivity index (χ0n) is 9.43. The van der Waals surface area contributed by atoms with Crippen LogP contribution in [0.4, 0.5) is 0 Å². The molecule has 0 aromatic heterocycles. The van der Waals surface area contributed by atoms with Crippen molar-refractivity contribution in [3.8, 4) is 6.07 Å². The van der Waals surface area contributed by atoms with Gasteiger partial charge in [-0.05, 0) is 24.7 Å². The number of benzene rings is 1. The van der Waals surface area contributed by atoms with Crippen molar-refractivity contribution in [3.05, 3.63) is 35.4 Å². The van der Waals surface area contributed by atoms with Gasteiger partial charge >= 0.3 is 0 Å². The normalized spacial score (nSPS) is 12.4. The minimum atomic E-state index is -0.496. The van der Waals surface area contributed by atoms with E-state index in [0.717, 1.165) is 5.56 Å². The summed E-state index contributed by atoms with van der Waals surface area (Å²) in [6.45, 7) is 1.50. The van der Waals surface area contributed by atoms with Gasteiger partial charge in [0, 0.05) is 19.6 Å². The quantitative estimate of drug-likeness (QED) is 0.747. The van der Waals surface area contributed by atoms with Gasteiger partial charge in [-0.3, -0.25) is 4.90 Å². The summed E-state index contributed by atoms with van der Waals surface area (Å²) in [4.78, 5) is 1.98. The number of aliphatic hydroxyl groups excluding tert-OH is 1. The Labute approximate surface area is 95.9 Å². The van der Waals surface area contributed by atoms with Gasteiger partial charge in [-0.15, -0.1) is 0 Å². The SMILES string of the molecule is CN(Cc1cccc(C#N)c1)CC(O)CN. The number of rotatable bonds is 5. The molecule has 4 nitrogen and oxygen atoms in total. The number of nitrogens with two attached hydrogens (primary N) is 1. The predicted molar refractivity (Wildman–Crippen MR) is 62.6 cm³/mol. The Morgan fingerprint density at radius 2 is 2.31 bits per heavy atom. The van der Waals surface area contributed by atoms with Gasteiger partial charge in [0.1, 0.15) is 0 Å². The molecule has 0 aliphatic carbocycles. The Bertz CT molecular complexity index is 373. The molecule has 1 aromatic rings. The molecule has 1 unspecified atom stereocenters. The molecule has 1 aromatic carbocycles. The zero-order chi connectivity index (χ0) is 12.0. The Hall–Kier alpha value is -1.41. The van der Waals surface area contributed by atoms with Crippen LogP contribution in [0.3, 0.4) is 0 Å². The van der Waals surface area contributed by atoms with Crippen molar-refractivity contribution < 1.29 is 5.11 Å². The van der Waals surface area contributed by atoms with Crippen LogP contribution in [0.25, 0.3) is 0 Å². The smallest absolute Gasteiger partial charge is 0.0991 e. The van der Waals surface area contributed by atoms with E-state index in [1.165, 1.54) is 0 Å². The largest absolute Gasteiger partial charge is 0.390 e. The molecule has 0 saturated carbocycles.